The third-order valence-corrected chi connectivity index (χ3v) is 4.55. The maximum Gasteiger partial charge on any atom is 0.311 e. The summed E-state index contributed by atoms with van der Waals surface area (Å²) in [5.41, 5.74) is -1.72. The van der Waals surface area contributed by atoms with Gasteiger partial charge in [-0.2, -0.15) is 0 Å². The summed E-state index contributed by atoms with van der Waals surface area (Å²) in [7, 11) is 1.57. The first-order valence-electron chi connectivity index (χ1n) is 8.96. The van der Waals surface area contributed by atoms with Crippen LogP contribution in [0.2, 0.25) is 0 Å². The van der Waals surface area contributed by atoms with Crippen LogP contribution in [0.15, 0.2) is 0 Å². The number of ketones is 2. The van der Waals surface area contributed by atoms with Crippen LogP contribution in [-0.4, -0.2) is 50.1 Å². The third-order valence-electron chi connectivity index (χ3n) is 4.55. The smallest absolute Gasteiger partial charge is 0.311 e. The van der Waals surface area contributed by atoms with Crippen molar-refractivity contribution in [2.24, 2.45) is 11.3 Å². The highest BCUT2D eigenvalue weighted by atomic mass is 16.6. The molecule has 0 saturated heterocycles. The first-order chi connectivity index (χ1) is 11.6. The third kappa shape index (κ3) is 6.51. The van der Waals surface area contributed by atoms with Gasteiger partial charge in [-0.05, 0) is 47.0 Å². The SMILES string of the molecule is COCCOCC(CC1(C(C)=O)CCCCC1=O)C(=O)OC(C)(C)C. The number of ether oxygens (including phenoxy) is 3. The zero-order chi connectivity index (χ0) is 19.1. The van der Waals surface area contributed by atoms with Crippen molar-refractivity contribution in [3.05, 3.63) is 0 Å². The normalized spacial score (nSPS) is 22.5. The van der Waals surface area contributed by atoms with Crippen LogP contribution in [0, 0.1) is 11.3 Å². The molecule has 144 valence electrons. The molecular weight excluding hydrogens is 324 g/mol. The highest BCUT2D eigenvalue weighted by molar-refractivity contribution is 6.06. The van der Waals surface area contributed by atoms with Crippen molar-refractivity contribution in [3.8, 4) is 0 Å². The monoisotopic (exact) mass is 356 g/mol. The van der Waals surface area contributed by atoms with E-state index in [0.717, 1.165) is 12.8 Å². The topological polar surface area (TPSA) is 78.9 Å². The van der Waals surface area contributed by atoms with Crippen molar-refractivity contribution >= 4 is 17.5 Å². The molecule has 0 aromatic carbocycles. The lowest BCUT2D eigenvalue weighted by atomic mass is 9.66. The number of carbonyl (C=O) groups is 3. The Kier molecular flexibility index (Phi) is 8.22. The Morgan fingerprint density at radius 3 is 2.40 bits per heavy atom. The van der Waals surface area contributed by atoms with Gasteiger partial charge in [0.1, 0.15) is 17.2 Å². The average molecular weight is 356 g/mol. The van der Waals surface area contributed by atoms with Gasteiger partial charge in [-0.25, -0.2) is 0 Å². The Balaban J connectivity index is 2.93. The van der Waals surface area contributed by atoms with Crippen LogP contribution in [0.4, 0.5) is 0 Å². The van der Waals surface area contributed by atoms with Crippen LogP contribution >= 0.6 is 0 Å². The predicted molar refractivity (Wildman–Crippen MR) is 93.2 cm³/mol. The molecule has 0 heterocycles. The van der Waals surface area contributed by atoms with E-state index in [-0.39, 0.29) is 24.6 Å². The molecule has 25 heavy (non-hydrogen) atoms. The fourth-order valence-corrected chi connectivity index (χ4v) is 3.21. The molecule has 0 aliphatic heterocycles. The van der Waals surface area contributed by atoms with E-state index in [4.69, 9.17) is 14.2 Å². The van der Waals surface area contributed by atoms with E-state index in [1.807, 2.05) is 0 Å². The van der Waals surface area contributed by atoms with E-state index < -0.39 is 22.9 Å². The first kappa shape index (κ1) is 21.8. The lowest BCUT2D eigenvalue weighted by Crippen LogP contribution is -2.45. The van der Waals surface area contributed by atoms with E-state index in [1.54, 1.807) is 27.9 Å². The van der Waals surface area contributed by atoms with E-state index >= 15 is 0 Å². The molecule has 1 fully saturated rings. The quantitative estimate of drug-likeness (QED) is 0.359. The van der Waals surface area contributed by atoms with E-state index in [0.29, 0.717) is 26.1 Å². The van der Waals surface area contributed by atoms with Gasteiger partial charge < -0.3 is 14.2 Å². The first-order valence-corrected chi connectivity index (χ1v) is 8.96. The Hall–Kier alpha value is -1.27. The maximum atomic E-state index is 12.6. The van der Waals surface area contributed by atoms with Gasteiger partial charge in [0.15, 0.2) is 0 Å². The molecule has 1 aliphatic rings. The molecule has 6 nitrogen and oxygen atoms in total. The highest BCUT2D eigenvalue weighted by Gasteiger charge is 2.47. The van der Waals surface area contributed by atoms with Crippen LogP contribution in [0.5, 0.6) is 0 Å². The molecule has 0 aromatic rings. The minimum atomic E-state index is -1.08. The molecule has 0 radical (unpaired) electrons. The summed E-state index contributed by atoms with van der Waals surface area (Å²) in [6.45, 7) is 7.69. The summed E-state index contributed by atoms with van der Waals surface area (Å²) in [6.07, 6.45) is 2.67. The lowest BCUT2D eigenvalue weighted by molar-refractivity contribution is -0.165. The molecule has 2 atom stereocenters. The molecular formula is C19H32O6. The second kappa shape index (κ2) is 9.43. The Bertz CT molecular complexity index is 479. The number of carbonyl (C=O) groups excluding carboxylic acids is 3. The molecule has 1 saturated carbocycles. The van der Waals surface area contributed by atoms with Crippen molar-refractivity contribution < 1.29 is 28.6 Å². The zero-order valence-electron chi connectivity index (χ0n) is 16.2. The van der Waals surface area contributed by atoms with Crippen LogP contribution < -0.4 is 0 Å². The van der Waals surface area contributed by atoms with Gasteiger partial charge in [-0.1, -0.05) is 6.42 Å². The summed E-state index contributed by atoms with van der Waals surface area (Å²) in [5.74, 6) is -1.30. The lowest BCUT2D eigenvalue weighted by Gasteiger charge is -2.36. The van der Waals surface area contributed by atoms with Gasteiger partial charge in [-0.3, -0.25) is 14.4 Å². The zero-order valence-corrected chi connectivity index (χ0v) is 16.2. The standard InChI is InChI=1S/C19H32O6/c1-14(20)19(9-7-6-8-16(19)21)12-15(13-24-11-10-23-5)17(22)25-18(2,3)4/h15H,6-13H2,1-5H3. The summed E-state index contributed by atoms with van der Waals surface area (Å²) in [4.78, 5) is 37.5. The van der Waals surface area contributed by atoms with Crippen molar-refractivity contribution in [2.45, 2.75) is 65.4 Å². The van der Waals surface area contributed by atoms with E-state index in [1.165, 1.54) is 6.92 Å². The fraction of sp³-hybridized carbons (Fsp3) is 0.842. The molecule has 0 bridgehead atoms. The van der Waals surface area contributed by atoms with Crippen molar-refractivity contribution in [2.75, 3.05) is 26.9 Å². The Labute approximate surface area is 150 Å². The van der Waals surface area contributed by atoms with Crippen LogP contribution in [0.25, 0.3) is 0 Å². The minimum Gasteiger partial charge on any atom is -0.460 e. The average Bonchev–Trinajstić information content (AvgIpc) is 2.50. The van der Waals surface area contributed by atoms with Gasteiger partial charge in [0.25, 0.3) is 0 Å². The molecule has 1 rings (SSSR count). The van der Waals surface area contributed by atoms with Crippen LogP contribution in [0.1, 0.15) is 59.8 Å². The van der Waals surface area contributed by atoms with Gasteiger partial charge in [0, 0.05) is 13.5 Å². The maximum absolute atomic E-state index is 12.6. The van der Waals surface area contributed by atoms with E-state index in [9.17, 15) is 14.4 Å². The molecule has 0 amide bonds. The van der Waals surface area contributed by atoms with Crippen molar-refractivity contribution in [3.63, 3.8) is 0 Å². The number of hydrogen-bond acceptors (Lipinski definition) is 6. The molecule has 6 heteroatoms. The molecule has 0 spiro atoms. The molecule has 1 aliphatic carbocycles. The second-order valence-electron chi connectivity index (χ2n) is 7.77. The highest BCUT2D eigenvalue weighted by Crippen LogP contribution is 2.40. The molecule has 0 N–H and O–H groups in total. The van der Waals surface area contributed by atoms with Gasteiger partial charge in [0.05, 0.1) is 31.2 Å². The number of esters is 1. The molecule has 0 aromatic heterocycles. The van der Waals surface area contributed by atoms with Crippen LogP contribution in [-0.2, 0) is 28.6 Å². The fourth-order valence-electron chi connectivity index (χ4n) is 3.21. The van der Waals surface area contributed by atoms with Gasteiger partial charge >= 0.3 is 5.97 Å². The van der Waals surface area contributed by atoms with Crippen LogP contribution in [0.3, 0.4) is 0 Å². The van der Waals surface area contributed by atoms with Gasteiger partial charge in [0.2, 0.25) is 0 Å². The van der Waals surface area contributed by atoms with Gasteiger partial charge in [-0.15, -0.1) is 0 Å². The number of rotatable bonds is 9. The summed E-state index contributed by atoms with van der Waals surface area (Å²) in [5, 5.41) is 0. The summed E-state index contributed by atoms with van der Waals surface area (Å²) in [6, 6.07) is 0. The summed E-state index contributed by atoms with van der Waals surface area (Å²) >= 11 is 0. The largest absolute Gasteiger partial charge is 0.460 e. The molecule has 2 unspecified atom stereocenters. The number of methoxy groups -OCH3 is 1. The number of Topliss-reactive ketones (excluding diaryl/α,β-unsaturated/α-hetero) is 2. The predicted octanol–water partition coefficient (Wildman–Crippen LogP) is 2.72. The van der Waals surface area contributed by atoms with Crippen molar-refractivity contribution in [1.82, 2.24) is 0 Å². The summed E-state index contributed by atoms with van der Waals surface area (Å²) < 4.78 is 16.0. The Morgan fingerprint density at radius 2 is 1.88 bits per heavy atom. The van der Waals surface area contributed by atoms with E-state index in [2.05, 4.69) is 0 Å². The number of hydrogen-bond donors (Lipinski definition) is 0. The Morgan fingerprint density at radius 1 is 1.20 bits per heavy atom. The second-order valence-corrected chi connectivity index (χ2v) is 7.77. The minimum absolute atomic E-state index is 0.0586. The van der Waals surface area contributed by atoms with Crippen molar-refractivity contribution in [1.29, 1.82) is 0 Å².